The normalized spacial score (nSPS) is 20.8. The molecule has 0 bridgehead atoms. The SMILES string of the molecule is C[C@]1(CNC(=O)c2cccc(-c3cncnc3)n2)CCCO1. The lowest BCUT2D eigenvalue weighted by Crippen LogP contribution is -2.40. The number of amides is 1. The van der Waals surface area contributed by atoms with Crippen molar-refractivity contribution >= 4 is 5.91 Å². The Morgan fingerprint density at radius 1 is 1.36 bits per heavy atom. The first-order chi connectivity index (χ1) is 10.7. The van der Waals surface area contributed by atoms with Crippen LogP contribution in [-0.2, 0) is 4.74 Å². The standard InChI is InChI=1S/C16H18N4O2/c1-16(6-3-7-22-16)10-19-15(21)14-5-2-4-13(20-14)12-8-17-11-18-9-12/h2,4-5,8-9,11H,3,6-7,10H2,1H3,(H,19,21)/t16-/m1/s1. The minimum atomic E-state index is -0.263. The second-order valence-electron chi connectivity index (χ2n) is 5.62. The maximum Gasteiger partial charge on any atom is 0.270 e. The fourth-order valence-electron chi connectivity index (χ4n) is 2.49. The van der Waals surface area contributed by atoms with E-state index in [2.05, 4.69) is 20.3 Å². The second-order valence-corrected chi connectivity index (χ2v) is 5.62. The Morgan fingerprint density at radius 3 is 2.91 bits per heavy atom. The van der Waals surface area contributed by atoms with Gasteiger partial charge in [-0.2, -0.15) is 0 Å². The highest BCUT2D eigenvalue weighted by molar-refractivity contribution is 5.92. The first kappa shape index (κ1) is 14.6. The monoisotopic (exact) mass is 298 g/mol. The topological polar surface area (TPSA) is 77.0 Å². The van der Waals surface area contributed by atoms with Gasteiger partial charge in [-0.05, 0) is 31.9 Å². The Hall–Kier alpha value is -2.34. The van der Waals surface area contributed by atoms with Gasteiger partial charge in [0.2, 0.25) is 0 Å². The zero-order valence-electron chi connectivity index (χ0n) is 12.5. The van der Waals surface area contributed by atoms with Crippen LogP contribution in [0.25, 0.3) is 11.3 Å². The summed E-state index contributed by atoms with van der Waals surface area (Å²) in [5.74, 6) is -0.199. The van der Waals surface area contributed by atoms with Crippen LogP contribution in [0.1, 0.15) is 30.3 Å². The fourth-order valence-corrected chi connectivity index (χ4v) is 2.49. The number of carbonyl (C=O) groups excluding carboxylic acids is 1. The van der Waals surface area contributed by atoms with Crippen molar-refractivity contribution in [2.75, 3.05) is 13.2 Å². The maximum absolute atomic E-state index is 12.3. The lowest BCUT2D eigenvalue weighted by molar-refractivity contribution is 0.0205. The lowest BCUT2D eigenvalue weighted by atomic mass is 10.0. The molecule has 3 heterocycles. The third-order valence-electron chi connectivity index (χ3n) is 3.76. The Kier molecular flexibility index (Phi) is 4.11. The molecule has 1 fully saturated rings. The molecular formula is C16H18N4O2. The first-order valence-corrected chi connectivity index (χ1v) is 7.31. The lowest BCUT2D eigenvalue weighted by Gasteiger charge is -2.23. The number of aromatic nitrogens is 3. The molecule has 1 aliphatic heterocycles. The summed E-state index contributed by atoms with van der Waals surface area (Å²) in [4.78, 5) is 24.6. The number of ether oxygens (including phenoxy) is 1. The van der Waals surface area contributed by atoms with Crippen LogP contribution in [0.3, 0.4) is 0 Å². The molecule has 1 saturated heterocycles. The largest absolute Gasteiger partial charge is 0.373 e. The number of carbonyl (C=O) groups is 1. The van der Waals surface area contributed by atoms with Crippen molar-refractivity contribution in [1.29, 1.82) is 0 Å². The van der Waals surface area contributed by atoms with E-state index in [1.165, 1.54) is 6.33 Å². The van der Waals surface area contributed by atoms with E-state index in [1.54, 1.807) is 24.5 Å². The number of nitrogens with zero attached hydrogens (tertiary/aromatic N) is 3. The van der Waals surface area contributed by atoms with E-state index in [-0.39, 0.29) is 11.5 Å². The molecule has 1 amide bonds. The number of hydrogen-bond donors (Lipinski definition) is 1. The average Bonchev–Trinajstić information content (AvgIpc) is 3.01. The fraction of sp³-hybridized carbons (Fsp3) is 0.375. The van der Waals surface area contributed by atoms with Gasteiger partial charge in [0.15, 0.2) is 0 Å². The maximum atomic E-state index is 12.3. The quantitative estimate of drug-likeness (QED) is 0.932. The molecular weight excluding hydrogens is 280 g/mol. The molecule has 0 aromatic carbocycles. The summed E-state index contributed by atoms with van der Waals surface area (Å²) in [6, 6.07) is 5.33. The molecule has 114 valence electrons. The average molecular weight is 298 g/mol. The van der Waals surface area contributed by atoms with E-state index in [0.717, 1.165) is 25.0 Å². The van der Waals surface area contributed by atoms with Crippen LogP contribution in [0.15, 0.2) is 36.9 Å². The number of pyridine rings is 1. The number of rotatable bonds is 4. The highest BCUT2D eigenvalue weighted by Crippen LogP contribution is 2.24. The van der Waals surface area contributed by atoms with Gasteiger partial charge in [0.05, 0.1) is 11.3 Å². The van der Waals surface area contributed by atoms with Gasteiger partial charge in [0.1, 0.15) is 12.0 Å². The molecule has 0 spiro atoms. The summed E-state index contributed by atoms with van der Waals surface area (Å²) >= 11 is 0. The molecule has 0 saturated carbocycles. The van der Waals surface area contributed by atoms with Crippen LogP contribution in [0.4, 0.5) is 0 Å². The summed E-state index contributed by atoms with van der Waals surface area (Å²) in [5.41, 5.74) is 1.57. The van der Waals surface area contributed by atoms with Gasteiger partial charge in [-0.3, -0.25) is 4.79 Å². The molecule has 6 nitrogen and oxygen atoms in total. The number of nitrogens with one attached hydrogen (secondary N) is 1. The summed E-state index contributed by atoms with van der Waals surface area (Å²) in [6.45, 7) is 3.27. The molecule has 0 aliphatic carbocycles. The number of hydrogen-bond acceptors (Lipinski definition) is 5. The minimum absolute atomic E-state index is 0.199. The molecule has 0 unspecified atom stereocenters. The zero-order valence-corrected chi connectivity index (χ0v) is 12.5. The molecule has 1 aliphatic rings. The Labute approximate surface area is 129 Å². The predicted molar refractivity (Wildman–Crippen MR) is 81.2 cm³/mol. The van der Waals surface area contributed by atoms with Gasteiger partial charge in [-0.15, -0.1) is 0 Å². The van der Waals surface area contributed by atoms with Gasteiger partial charge in [-0.25, -0.2) is 15.0 Å². The van der Waals surface area contributed by atoms with Crippen molar-refractivity contribution in [3.63, 3.8) is 0 Å². The summed E-state index contributed by atoms with van der Waals surface area (Å²) in [7, 11) is 0. The van der Waals surface area contributed by atoms with Gasteiger partial charge in [0, 0.05) is 31.1 Å². The summed E-state index contributed by atoms with van der Waals surface area (Å²) in [5, 5.41) is 2.90. The Morgan fingerprint density at radius 2 is 2.18 bits per heavy atom. The van der Waals surface area contributed by atoms with Crippen molar-refractivity contribution in [3.8, 4) is 11.3 Å². The highest BCUT2D eigenvalue weighted by atomic mass is 16.5. The summed E-state index contributed by atoms with van der Waals surface area (Å²) in [6.07, 6.45) is 6.80. The smallest absolute Gasteiger partial charge is 0.270 e. The van der Waals surface area contributed by atoms with Gasteiger partial charge in [0.25, 0.3) is 5.91 Å². The molecule has 1 atom stereocenters. The van der Waals surface area contributed by atoms with E-state index in [1.807, 2.05) is 13.0 Å². The molecule has 2 aromatic heterocycles. The van der Waals surface area contributed by atoms with E-state index in [4.69, 9.17) is 4.74 Å². The third-order valence-corrected chi connectivity index (χ3v) is 3.76. The van der Waals surface area contributed by atoms with E-state index in [0.29, 0.717) is 17.9 Å². The van der Waals surface area contributed by atoms with Crippen LogP contribution in [-0.4, -0.2) is 39.6 Å². The van der Waals surface area contributed by atoms with Crippen LogP contribution < -0.4 is 5.32 Å². The first-order valence-electron chi connectivity index (χ1n) is 7.31. The molecule has 1 N–H and O–H groups in total. The van der Waals surface area contributed by atoms with Crippen molar-refractivity contribution in [3.05, 3.63) is 42.6 Å². The molecule has 0 radical (unpaired) electrons. The van der Waals surface area contributed by atoms with E-state index < -0.39 is 0 Å². The third kappa shape index (κ3) is 3.28. The zero-order chi connectivity index (χ0) is 15.4. The Bertz CT molecular complexity index is 654. The van der Waals surface area contributed by atoms with Crippen LogP contribution in [0, 0.1) is 0 Å². The van der Waals surface area contributed by atoms with Crippen LogP contribution in [0.2, 0.25) is 0 Å². The van der Waals surface area contributed by atoms with Crippen molar-refractivity contribution in [2.45, 2.75) is 25.4 Å². The second kappa shape index (κ2) is 6.19. The van der Waals surface area contributed by atoms with Crippen molar-refractivity contribution in [2.24, 2.45) is 0 Å². The molecule has 6 heteroatoms. The minimum Gasteiger partial charge on any atom is -0.373 e. The van der Waals surface area contributed by atoms with Crippen LogP contribution >= 0.6 is 0 Å². The molecule has 22 heavy (non-hydrogen) atoms. The van der Waals surface area contributed by atoms with E-state index in [9.17, 15) is 4.79 Å². The van der Waals surface area contributed by atoms with E-state index >= 15 is 0 Å². The highest BCUT2D eigenvalue weighted by Gasteiger charge is 2.30. The van der Waals surface area contributed by atoms with Crippen molar-refractivity contribution in [1.82, 2.24) is 20.3 Å². The predicted octanol–water partition coefficient (Wildman–Crippen LogP) is 1.84. The summed E-state index contributed by atoms with van der Waals surface area (Å²) < 4.78 is 5.67. The van der Waals surface area contributed by atoms with Crippen molar-refractivity contribution < 1.29 is 9.53 Å². The van der Waals surface area contributed by atoms with Gasteiger partial charge >= 0.3 is 0 Å². The van der Waals surface area contributed by atoms with Gasteiger partial charge < -0.3 is 10.1 Å². The van der Waals surface area contributed by atoms with Crippen LogP contribution in [0.5, 0.6) is 0 Å². The molecule has 2 aromatic rings. The Balaban J connectivity index is 1.70. The molecule has 3 rings (SSSR count). The van der Waals surface area contributed by atoms with Gasteiger partial charge in [-0.1, -0.05) is 6.07 Å².